The van der Waals surface area contributed by atoms with Gasteiger partial charge in [0.25, 0.3) is 11.7 Å². The van der Waals surface area contributed by atoms with Crippen molar-refractivity contribution in [3.63, 3.8) is 0 Å². The van der Waals surface area contributed by atoms with Gasteiger partial charge in [0.05, 0.1) is 39.4 Å². The number of benzene rings is 3. The minimum atomic E-state index is -0.874. The van der Waals surface area contributed by atoms with Crippen LogP contribution in [0, 0.1) is 6.92 Å². The van der Waals surface area contributed by atoms with Crippen molar-refractivity contribution in [2.75, 3.05) is 26.2 Å². The van der Waals surface area contributed by atoms with Gasteiger partial charge in [-0.25, -0.2) is 0 Å². The summed E-state index contributed by atoms with van der Waals surface area (Å²) in [7, 11) is 4.28. The first-order valence-electron chi connectivity index (χ1n) is 11.5. The minimum Gasteiger partial charge on any atom is -0.507 e. The first kappa shape index (κ1) is 25.5. The number of Topliss-reactive ketones (excluding diaryl/α,β-unsaturated/α-hetero) is 1. The van der Waals surface area contributed by atoms with Gasteiger partial charge in [0.1, 0.15) is 5.76 Å². The summed E-state index contributed by atoms with van der Waals surface area (Å²) < 4.78 is 15.3. The molecule has 1 aliphatic rings. The molecule has 1 saturated heterocycles. The van der Waals surface area contributed by atoms with Gasteiger partial charge < -0.3 is 19.3 Å². The molecule has 1 N–H and O–H groups in total. The van der Waals surface area contributed by atoms with Crippen LogP contribution in [0.2, 0.25) is 0 Å². The first-order valence-corrected chi connectivity index (χ1v) is 11.5. The summed E-state index contributed by atoms with van der Waals surface area (Å²) in [5.41, 5.74) is 2.97. The second-order valence-corrected chi connectivity index (χ2v) is 8.51. The Bertz CT molecular complexity index is 1390. The van der Waals surface area contributed by atoms with E-state index in [9.17, 15) is 19.5 Å². The Hall–Kier alpha value is -4.59. The Balaban J connectivity index is 1.87. The number of aliphatic hydroxyl groups excluding tert-OH is 1. The largest absolute Gasteiger partial charge is 0.507 e. The number of ether oxygens (including phenoxy) is 3. The van der Waals surface area contributed by atoms with Crippen molar-refractivity contribution in [3.05, 3.63) is 94.6 Å². The Kier molecular flexibility index (Phi) is 7.29. The molecule has 4 rings (SSSR count). The summed E-state index contributed by atoms with van der Waals surface area (Å²) in [6.45, 7) is 1.88. The van der Waals surface area contributed by atoms with Crippen LogP contribution in [0.3, 0.4) is 0 Å². The number of rotatable bonds is 7. The molecule has 1 amide bonds. The fraction of sp³-hybridized carbons (Fsp3) is 0.207. The van der Waals surface area contributed by atoms with Gasteiger partial charge >= 0.3 is 5.97 Å². The number of hydrogen-bond donors (Lipinski definition) is 1. The second kappa shape index (κ2) is 10.6. The lowest BCUT2D eigenvalue weighted by Crippen LogP contribution is -2.29. The number of carbonyl (C=O) groups is 3. The predicted molar refractivity (Wildman–Crippen MR) is 138 cm³/mol. The third kappa shape index (κ3) is 4.78. The monoisotopic (exact) mass is 501 g/mol. The summed E-state index contributed by atoms with van der Waals surface area (Å²) in [4.78, 5) is 39.8. The molecule has 1 aliphatic heterocycles. The van der Waals surface area contributed by atoms with Crippen LogP contribution in [0.1, 0.15) is 28.3 Å². The quantitative estimate of drug-likeness (QED) is 0.222. The van der Waals surface area contributed by atoms with E-state index in [-0.39, 0.29) is 23.7 Å². The smallest absolute Gasteiger partial charge is 0.309 e. The van der Waals surface area contributed by atoms with Crippen molar-refractivity contribution in [2.45, 2.75) is 19.4 Å². The van der Waals surface area contributed by atoms with Crippen LogP contribution in [0.4, 0.5) is 5.69 Å². The number of nitrogens with zero attached hydrogens (tertiary/aromatic N) is 1. The standard InChI is InChI=1S/C29H27NO7/c1-17-7-5-6-8-21(17)26-25(27(32)19-11-14-22(35-2)23(16-19)36-3)28(33)29(34)30(26)20-12-9-18(10-13-20)15-24(31)37-4/h5-14,16,26,32H,15H2,1-4H3/b27-25+. The highest BCUT2D eigenvalue weighted by Gasteiger charge is 2.47. The number of carbonyl (C=O) groups excluding carboxylic acids is 3. The van der Waals surface area contributed by atoms with Gasteiger partial charge in [-0.05, 0) is 53.9 Å². The molecule has 1 heterocycles. The van der Waals surface area contributed by atoms with Crippen LogP contribution in [0.25, 0.3) is 5.76 Å². The van der Waals surface area contributed by atoms with E-state index in [1.165, 1.54) is 26.2 Å². The topological polar surface area (TPSA) is 102 Å². The number of aliphatic hydroxyl groups is 1. The fourth-order valence-corrected chi connectivity index (χ4v) is 4.44. The van der Waals surface area contributed by atoms with Crippen LogP contribution in [0.15, 0.2) is 72.3 Å². The van der Waals surface area contributed by atoms with Crippen LogP contribution in [-0.2, 0) is 25.5 Å². The van der Waals surface area contributed by atoms with Crippen LogP contribution < -0.4 is 14.4 Å². The van der Waals surface area contributed by atoms with E-state index in [0.717, 1.165) is 5.56 Å². The maximum Gasteiger partial charge on any atom is 0.309 e. The molecule has 0 bridgehead atoms. The number of amides is 1. The van der Waals surface area contributed by atoms with Crippen LogP contribution in [0.5, 0.6) is 11.5 Å². The van der Waals surface area contributed by atoms with Gasteiger partial charge in [-0.15, -0.1) is 0 Å². The highest BCUT2D eigenvalue weighted by molar-refractivity contribution is 6.51. The van der Waals surface area contributed by atoms with E-state index in [2.05, 4.69) is 0 Å². The molecule has 8 heteroatoms. The molecule has 0 spiro atoms. The van der Waals surface area contributed by atoms with E-state index in [1.54, 1.807) is 42.5 Å². The van der Waals surface area contributed by atoms with Crippen molar-refractivity contribution < 1.29 is 33.7 Å². The lowest BCUT2D eigenvalue weighted by atomic mass is 9.92. The number of esters is 1. The molecule has 0 aliphatic carbocycles. The van der Waals surface area contributed by atoms with Crippen molar-refractivity contribution in [3.8, 4) is 11.5 Å². The zero-order chi connectivity index (χ0) is 26.7. The summed E-state index contributed by atoms with van der Waals surface area (Å²) in [5, 5.41) is 11.4. The predicted octanol–water partition coefficient (Wildman–Crippen LogP) is 4.35. The molecule has 1 fully saturated rings. The molecule has 0 radical (unpaired) electrons. The maximum atomic E-state index is 13.4. The molecule has 1 atom stereocenters. The molecule has 0 saturated carbocycles. The minimum absolute atomic E-state index is 0.0369. The van der Waals surface area contributed by atoms with Gasteiger partial charge in [-0.1, -0.05) is 36.4 Å². The van der Waals surface area contributed by atoms with E-state index < -0.39 is 17.7 Å². The van der Waals surface area contributed by atoms with Crippen molar-refractivity contribution >= 4 is 29.1 Å². The van der Waals surface area contributed by atoms with Crippen molar-refractivity contribution in [2.24, 2.45) is 0 Å². The van der Waals surface area contributed by atoms with E-state index in [1.807, 2.05) is 31.2 Å². The zero-order valence-corrected chi connectivity index (χ0v) is 21.0. The van der Waals surface area contributed by atoms with Gasteiger partial charge in [0, 0.05) is 11.3 Å². The summed E-state index contributed by atoms with van der Waals surface area (Å²) in [6, 6.07) is 18.0. The average Bonchev–Trinajstić information content (AvgIpc) is 3.18. The second-order valence-electron chi connectivity index (χ2n) is 8.51. The third-order valence-corrected chi connectivity index (χ3v) is 6.38. The molecule has 1 unspecified atom stereocenters. The molecule has 8 nitrogen and oxygen atoms in total. The average molecular weight is 502 g/mol. The Labute approximate surface area is 214 Å². The molecular weight excluding hydrogens is 474 g/mol. The first-order chi connectivity index (χ1) is 17.8. The Morgan fingerprint density at radius 3 is 2.22 bits per heavy atom. The summed E-state index contributed by atoms with van der Waals surface area (Å²) >= 11 is 0. The highest BCUT2D eigenvalue weighted by Crippen LogP contribution is 2.43. The molecule has 3 aromatic rings. The number of hydrogen-bond acceptors (Lipinski definition) is 7. The van der Waals surface area contributed by atoms with Gasteiger partial charge in [0.2, 0.25) is 0 Å². The Morgan fingerprint density at radius 1 is 0.919 bits per heavy atom. The van der Waals surface area contributed by atoms with Gasteiger partial charge in [-0.2, -0.15) is 0 Å². The SMILES string of the molecule is COC(=O)Cc1ccc(N2C(=O)C(=O)/C(=C(/O)c3ccc(OC)c(OC)c3)C2c2ccccc2C)cc1. The molecule has 3 aromatic carbocycles. The van der Waals surface area contributed by atoms with E-state index >= 15 is 0 Å². The normalized spacial score (nSPS) is 16.5. The number of anilines is 1. The Morgan fingerprint density at radius 2 is 1.59 bits per heavy atom. The fourth-order valence-electron chi connectivity index (χ4n) is 4.44. The molecule has 37 heavy (non-hydrogen) atoms. The molecule has 190 valence electrons. The van der Waals surface area contributed by atoms with Gasteiger partial charge in [-0.3, -0.25) is 19.3 Å². The maximum absolute atomic E-state index is 13.4. The number of ketones is 1. The van der Waals surface area contributed by atoms with Crippen LogP contribution >= 0.6 is 0 Å². The molecular formula is C29H27NO7. The lowest BCUT2D eigenvalue weighted by Gasteiger charge is -2.27. The highest BCUT2D eigenvalue weighted by atomic mass is 16.5. The van der Waals surface area contributed by atoms with Crippen LogP contribution in [-0.4, -0.2) is 44.1 Å². The van der Waals surface area contributed by atoms with E-state index in [4.69, 9.17) is 14.2 Å². The van der Waals surface area contributed by atoms with Crippen molar-refractivity contribution in [1.82, 2.24) is 0 Å². The number of methoxy groups -OCH3 is 3. The zero-order valence-electron chi connectivity index (χ0n) is 21.0. The number of aryl methyl sites for hydroxylation is 1. The summed E-state index contributed by atoms with van der Waals surface area (Å²) in [6.07, 6.45) is 0.0795. The third-order valence-electron chi connectivity index (χ3n) is 6.38. The lowest BCUT2D eigenvalue weighted by molar-refractivity contribution is -0.139. The van der Waals surface area contributed by atoms with Gasteiger partial charge in [0.15, 0.2) is 11.5 Å². The summed E-state index contributed by atoms with van der Waals surface area (Å²) in [5.74, 6) is -1.45. The molecule has 0 aromatic heterocycles. The van der Waals surface area contributed by atoms with Crippen molar-refractivity contribution in [1.29, 1.82) is 0 Å². The van der Waals surface area contributed by atoms with E-state index in [0.29, 0.717) is 33.9 Å².